The monoisotopic (exact) mass is 277 g/mol. The third kappa shape index (κ3) is 4.76. The van der Waals surface area contributed by atoms with Crippen molar-refractivity contribution in [3.05, 3.63) is 23.9 Å². The van der Waals surface area contributed by atoms with E-state index in [4.69, 9.17) is 4.74 Å². The molecule has 1 aromatic rings. The van der Waals surface area contributed by atoms with Gasteiger partial charge in [0, 0.05) is 39.5 Å². The highest BCUT2D eigenvalue weighted by Crippen LogP contribution is 2.20. The summed E-state index contributed by atoms with van der Waals surface area (Å²) in [5.41, 5.74) is 1.23. The van der Waals surface area contributed by atoms with Crippen molar-refractivity contribution < 1.29 is 4.74 Å². The number of pyridine rings is 1. The van der Waals surface area contributed by atoms with E-state index in [2.05, 4.69) is 34.3 Å². The second kappa shape index (κ2) is 8.22. The number of ether oxygens (including phenoxy) is 1. The lowest BCUT2D eigenvalue weighted by Gasteiger charge is -2.21. The summed E-state index contributed by atoms with van der Waals surface area (Å²) in [4.78, 5) is 7.04. The number of rotatable bonds is 6. The third-order valence-electron chi connectivity index (χ3n) is 3.96. The molecule has 112 valence electrons. The number of aromatic nitrogens is 1. The van der Waals surface area contributed by atoms with Crippen LogP contribution in [0.1, 0.15) is 31.7 Å². The van der Waals surface area contributed by atoms with Crippen LogP contribution in [0.15, 0.2) is 18.3 Å². The van der Waals surface area contributed by atoms with Crippen molar-refractivity contribution in [3.8, 4) is 0 Å². The van der Waals surface area contributed by atoms with Gasteiger partial charge in [-0.2, -0.15) is 0 Å². The van der Waals surface area contributed by atoms with Crippen LogP contribution in [0.4, 0.5) is 5.82 Å². The van der Waals surface area contributed by atoms with Crippen LogP contribution >= 0.6 is 0 Å². The molecule has 1 fully saturated rings. The Kier molecular flexibility index (Phi) is 6.27. The first-order valence-corrected chi connectivity index (χ1v) is 7.69. The fourth-order valence-electron chi connectivity index (χ4n) is 2.61. The van der Waals surface area contributed by atoms with Crippen LogP contribution in [-0.4, -0.2) is 38.3 Å². The molecule has 0 aromatic carbocycles. The minimum atomic E-state index is 0.747. The van der Waals surface area contributed by atoms with Gasteiger partial charge in [0.25, 0.3) is 0 Å². The van der Waals surface area contributed by atoms with Crippen molar-refractivity contribution in [2.24, 2.45) is 5.92 Å². The zero-order chi connectivity index (χ0) is 14.2. The van der Waals surface area contributed by atoms with Crippen molar-refractivity contribution in [3.63, 3.8) is 0 Å². The molecule has 0 saturated carbocycles. The molecular weight excluding hydrogens is 250 g/mol. The first-order chi connectivity index (χ1) is 9.79. The zero-order valence-electron chi connectivity index (χ0n) is 12.8. The van der Waals surface area contributed by atoms with Gasteiger partial charge < -0.3 is 15.0 Å². The molecule has 0 radical (unpaired) electrons. The molecule has 1 N–H and O–H groups in total. The minimum Gasteiger partial charge on any atom is -0.383 e. The maximum atomic E-state index is 5.01. The van der Waals surface area contributed by atoms with E-state index in [0.29, 0.717) is 0 Å². The fraction of sp³-hybridized carbons (Fsp3) is 0.688. The quantitative estimate of drug-likeness (QED) is 0.811. The summed E-state index contributed by atoms with van der Waals surface area (Å²) < 4.78 is 5.01. The summed E-state index contributed by atoms with van der Waals surface area (Å²) in [6, 6.07) is 4.33. The second-order valence-corrected chi connectivity index (χ2v) is 5.72. The molecule has 0 spiro atoms. The molecule has 4 heteroatoms. The van der Waals surface area contributed by atoms with E-state index in [0.717, 1.165) is 44.5 Å². The van der Waals surface area contributed by atoms with Crippen LogP contribution in [-0.2, 0) is 11.3 Å². The Bertz CT molecular complexity index is 380. The number of anilines is 1. The van der Waals surface area contributed by atoms with Gasteiger partial charge in [-0.05, 0) is 36.8 Å². The van der Waals surface area contributed by atoms with Crippen LogP contribution < -0.4 is 10.2 Å². The average molecular weight is 277 g/mol. The molecule has 0 bridgehead atoms. The number of nitrogens with one attached hydrogen (secondary N) is 1. The Morgan fingerprint density at radius 1 is 1.35 bits per heavy atom. The summed E-state index contributed by atoms with van der Waals surface area (Å²) in [6.45, 7) is 7.11. The van der Waals surface area contributed by atoms with E-state index in [-0.39, 0.29) is 0 Å². The van der Waals surface area contributed by atoms with Crippen molar-refractivity contribution in [1.29, 1.82) is 0 Å². The first-order valence-electron chi connectivity index (χ1n) is 7.69. The number of hydrogen-bond acceptors (Lipinski definition) is 4. The highest BCUT2D eigenvalue weighted by atomic mass is 16.5. The van der Waals surface area contributed by atoms with Gasteiger partial charge >= 0.3 is 0 Å². The lowest BCUT2D eigenvalue weighted by Crippen LogP contribution is -2.25. The van der Waals surface area contributed by atoms with Gasteiger partial charge in [0.1, 0.15) is 5.82 Å². The fourth-order valence-corrected chi connectivity index (χ4v) is 2.61. The van der Waals surface area contributed by atoms with E-state index in [1.807, 2.05) is 6.20 Å². The summed E-state index contributed by atoms with van der Waals surface area (Å²) in [5, 5.41) is 3.34. The summed E-state index contributed by atoms with van der Waals surface area (Å²) in [6.07, 6.45) is 5.90. The summed E-state index contributed by atoms with van der Waals surface area (Å²) in [5.74, 6) is 1.98. The van der Waals surface area contributed by atoms with E-state index >= 15 is 0 Å². The van der Waals surface area contributed by atoms with Gasteiger partial charge in [-0.15, -0.1) is 0 Å². The molecule has 0 amide bonds. The molecule has 1 atom stereocenters. The Labute approximate surface area is 122 Å². The molecule has 2 rings (SSSR count). The van der Waals surface area contributed by atoms with E-state index in [1.165, 1.54) is 24.8 Å². The number of hydrogen-bond donors (Lipinski definition) is 1. The van der Waals surface area contributed by atoms with Crippen LogP contribution in [0.5, 0.6) is 0 Å². The van der Waals surface area contributed by atoms with E-state index in [9.17, 15) is 0 Å². The average Bonchev–Trinajstić information content (AvgIpc) is 2.69. The molecule has 0 aliphatic carbocycles. The Morgan fingerprint density at radius 3 is 3.00 bits per heavy atom. The molecule has 1 aliphatic heterocycles. The lowest BCUT2D eigenvalue weighted by molar-refractivity contribution is 0.199. The van der Waals surface area contributed by atoms with Crippen LogP contribution in [0, 0.1) is 5.92 Å². The van der Waals surface area contributed by atoms with Crippen LogP contribution in [0.2, 0.25) is 0 Å². The van der Waals surface area contributed by atoms with Gasteiger partial charge in [-0.3, -0.25) is 0 Å². The van der Waals surface area contributed by atoms with Crippen molar-refractivity contribution in [2.75, 3.05) is 38.3 Å². The Morgan fingerprint density at radius 2 is 2.25 bits per heavy atom. The molecule has 1 saturated heterocycles. The summed E-state index contributed by atoms with van der Waals surface area (Å²) >= 11 is 0. The first kappa shape index (κ1) is 15.3. The van der Waals surface area contributed by atoms with Crippen LogP contribution in [0.25, 0.3) is 0 Å². The maximum absolute atomic E-state index is 5.01. The lowest BCUT2D eigenvalue weighted by atomic mass is 10.0. The molecule has 1 aromatic heterocycles. The summed E-state index contributed by atoms with van der Waals surface area (Å²) in [7, 11) is 1.72. The number of methoxy groups -OCH3 is 1. The highest BCUT2D eigenvalue weighted by Gasteiger charge is 2.14. The predicted molar refractivity (Wildman–Crippen MR) is 83.0 cm³/mol. The van der Waals surface area contributed by atoms with Crippen molar-refractivity contribution in [2.45, 2.75) is 32.7 Å². The van der Waals surface area contributed by atoms with E-state index < -0.39 is 0 Å². The predicted octanol–water partition coefficient (Wildman–Crippen LogP) is 2.44. The van der Waals surface area contributed by atoms with Gasteiger partial charge in [-0.25, -0.2) is 4.98 Å². The molecule has 20 heavy (non-hydrogen) atoms. The molecule has 1 unspecified atom stereocenters. The molecular formula is C16H27N3O. The van der Waals surface area contributed by atoms with Gasteiger partial charge in [0.2, 0.25) is 0 Å². The minimum absolute atomic E-state index is 0.747. The Hall–Kier alpha value is -1.13. The topological polar surface area (TPSA) is 37.4 Å². The normalized spacial score (nSPS) is 19.9. The standard InChI is InChI=1S/C16H27N3O/c1-14-4-3-9-19(10-7-14)16-6-5-15(13-18-16)12-17-8-11-20-2/h5-6,13-14,17H,3-4,7-12H2,1-2H3. The van der Waals surface area contributed by atoms with Gasteiger partial charge in [-0.1, -0.05) is 13.0 Å². The third-order valence-corrected chi connectivity index (χ3v) is 3.96. The van der Waals surface area contributed by atoms with E-state index in [1.54, 1.807) is 7.11 Å². The second-order valence-electron chi connectivity index (χ2n) is 5.72. The SMILES string of the molecule is COCCNCc1ccc(N2CCCC(C)CC2)nc1. The zero-order valence-corrected chi connectivity index (χ0v) is 12.8. The maximum Gasteiger partial charge on any atom is 0.128 e. The molecule has 2 heterocycles. The molecule has 4 nitrogen and oxygen atoms in total. The number of nitrogens with zero attached hydrogens (tertiary/aromatic N) is 2. The largest absolute Gasteiger partial charge is 0.383 e. The molecule has 1 aliphatic rings. The van der Waals surface area contributed by atoms with Crippen molar-refractivity contribution in [1.82, 2.24) is 10.3 Å². The Balaban J connectivity index is 1.84. The van der Waals surface area contributed by atoms with Crippen LogP contribution in [0.3, 0.4) is 0 Å². The van der Waals surface area contributed by atoms with Gasteiger partial charge in [0.15, 0.2) is 0 Å². The van der Waals surface area contributed by atoms with Gasteiger partial charge in [0.05, 0.1) is 6.61 Å². The van der Waals surface area contributed by atoms with Crippen molar-refractivity contribution >= 4 is 5.82 Å². The smallest absolute Gasteiger partial charge is 0.128 e. The highest BCUT2D eigenvalue weighted by molar-refractivity contribution is 5.39.